The molecule has 1 aromatic heterocycles. The third kappa shape index (κ3) is 5.52. The summed E-state index contributed by atoms with van der Waals surface area (Å²) in [5.74, 6) is -0.384. The normalized spacial score (nSPS) is 11.6. The minimum atomic E-state index is -4.35. The SMILES string of the molecule is CCCn1cc(N)cc1C(=O)NCCOCC(F)(F)F. The summed E-state index contributed by atoms with van der Waals surface area (Å²) in [6.07, 6.45) is -1.87. The molecule has 1 amide bonds. The molecule has 20 heavy (non-hydrogen) atoms. The molecule has 114 valence electrons. The molecule has 0 spiro atoms. The number of aromatic nitrogens is 1. The molecule has 3 N–H and O–H groups in total. The molecule has 5 nitrogen and oxygen atoms in total. The molecular weight excluding hydrogens is 275 g/mol. The number of nitrogens with two attached hydrogens (primary N) is 1. The van der Waals surface area contributed by atoms with Crippen LogP contribution in [0, 0.1) is 0 Å². The van der Waals surface area contributed by atoms with Crippen molar-refractivity contribution in [2.24, 2.45) is 0 Å². The summed E-state index contributed by atoms with van der Waals surface area (Å²) in [7, 11) is 0. The summed E-state index contributed by atoms with van der Waals surface area (Å²) in [5.41, 5.74) is 6.48. The number of carbonyl (C=O) groups excluding carboxylic acids is 1. The number of hydrogen-bond acceptors (Lipinski definition) is 3. The highest BCUT2D eigenvalue weighted by Gasteiger charge is 2.27. The van der Waals surface area contributed by atoms with Crippen LogP contribution in [0.3, 0.4) is 0 Å². The monoisotopic (exact) mass is 293 g/mol. The van der Waals surface area contributed by atoms with E-state index < -0.39 is 12.8 Å². The first-order valence-electron chi connectivity index (χ1n) is 6.22. The number of amides is 1. The third-order valence-electron chi connectivity index (χ3n) is 2.41. The molecule has 1 aromatic rings. The van der Waals surface area contributed by atoms with Crippen molar-refractivity contribution in [1.82, 2.24) is 9.88 Å². The standard InChI is InChI=1S/C12H18F3N3O2/c1-2-4-18-7-9(16)6-10(18)11(19)17-3-5-20-8-12(13,14)15/h6-7H,2-5,8,16H2,1H3,(H,17,19). The summed E-state index contributed by atoms with van der Waals surface area (Å²) in [6.45, 7) is 1.09. The van der Waals surface area contributed by atoms with Gasteiger partial charge in [0.25, 0.3) is 5.91 Å². The average molecular weight is 293 g/mol. The average Bonchev–Trinajstić information content (AvgIpc) is 2.69. The maximum atomic E-state index is 11.8. The van der Waals surface area contributed by atoms with Gasteiger partial charge in [-0.05, 0) is 12.5 Å². The first-order chi connectivity index (χ1) is 9.33. The van der Waals surface area contributed by atoms with Crippen LogP contribution in [0.1, 0.15) is 23.8 Å². The predicted octanol–water partition coefficient (Wildman–Crippen LogP) is 1.79. The summed E-state index contributed by atoms with van der Waals surface area (Å²) >= 11 is 0. The van der Waals surface area contributed by atoms with Gasteiger partial charge in [0.2, 0.25) is 0 Å². The Hall–Kier alpha value is -1.70. The van der Waals surface area contributed by atoms with Crippen molar-refractivity contribution < 1.29 is 22.7 Å². The Labute approximate surface area is 114 Å². The molecule has 8 heteroatoms. The van der Waals surface area contributed by atoms with E-state index in [2.05, 4.69) is 10.1 Å². The van der Waals surface area contributed by atoms with Gasteiger partial charge in [0.05, 0.1) is 12.3 Å². The Morgan fingerprint density at radius 1 is 1.50 bits per heavy atom. The molecule has 0 aliphatic rings. The fourth-order valence-corrected chi connectivity index (χ4v) is 1.66. The van der Waals surface area contributed by atoms with Crippen LogP contribution in [0.4, 0.5) is 18.9 Å². The number of aryl methyl sites for hydroxylation is 1. The molecule has 0 aliphatic carbocycles. The summed E-state index contributed by atoms with van der Waals surface area (Å²) in [6, 6.07) is 1.53. The smallest absolute Gasteiger partial charge is 0.397 e. The molecule has 1 heterocycles. The molecule has 1 rings (SSSR count). The lowest BCUT2D eigenvalue weighted by molar-refractivity contribution is -0.173. The first-order valence-corrected chi connectivity index (χ1v) is 6.22. The number of carbonyl (C=O) groups is 1. The van der Waals surface area contributed by atoms with Crippen LogP contribution in [0.25, 0.3) is 0 Å². The van der Waals surface area contributed by atoms with Gasteiger partial charge in [-0.3, -0.25) is 4.79 Å². The highest BCUT2D eigenvalue weighted by molar-refractivity contribution is 5.93. The van der Waals surface area contributed by atoms with Gasteiger partial charge in [0, 0.05) is 19.3 Å². The van der Waals surface area contributed by atoms with Crippen LogP contribution in [-0.4, -0.2) is 36.4 Å². The van der Waals surface area contributed by atoms with E-state index in [-0.39, 0.29) is 19.1 Å². The van der Waals surface area contributed by atoms with E-state index >= 15 is 0 Å². The molecule has 0 fully saturated rings. The molecular formula is C12H18F3N3O2. The summed E-state index contributed by atoms with van der Waals surface area (Å²) in [4.78, 5) is 11.8. The van der Waals surface area contributed by atoms with Crippen LogP contribution in [-0.2, 0) is 11.3 Å². The van der Waals surface area contributed by atoms with Crippen molar-refractivity contribution in [2.75, 3.05) is 25.5 Å². The highest BCUT2D eigenvalue weighted by Crippen LogP contribution is 2.14. The van der Waals surface area contributed by atoms with E-state index in [9.17, 15) is 18.0 Å². The van der Waals surface area contributed by atoms with E-state index in [1.807, 2.05) is 6.92 Å². The van der Waals surface area contributed by atoms with Crippen LogP contribution < -0.4 is 11.1 Å². The van der Waals surface area contributed by atoms with Gasteiger partial charge in [-0.2, -0.15) is 13.2 Å². The van der Waals surface area contributed by atoms with E-state index in [4.69, 9.17) is 5.73 Å². The van der Waals surface area contributed by atoms with Crippen molar-refractivity contribution in [3.8, 4) is 0 Å². The Morgan fingerprint density at radius 3 is 2.80 bits per heavy atom. The van der Waals surface area contributed by atoms with Gasteiger partial charge >= 0.3 is 6.18 Å². The van der Waals surface area contributed by atoms with Crippen LogP contribution in [0.5, 0.6) is 0 Å². The molecule has 0 unspecified atom stereocenters. The Morgan fingerprint density at radius 2 is 2.20 bits per heavy atom. The van der Waals surface area contributed by atoms with Crippen LogP contribution >= 0.6 is 0 Å². The molecule has 0 saturated heterocycles. The lowest BCUT2D eigenvalue weighted by atomic mass is 10.3. The quantitative estimate of drug-likeness (QED) is 0.753. The Balaban J connectivity index is 2.39. The fourth-order valence-electron chi connectivity index (χ4n) is 1.66. The van der Waals surface area contributed by atoms with E-state index in [1.54, 1.807) is 10.8 Å². The second-order valence-corrected chi connectivity index (χ2v) is 4.28. The highest BCUT2D eigenvalue weighted by atomic mass is 19.4. The summed E-state index contributed by atoms with van der Waals surface area (Å²) in [5, 5.41) is 2.49. The van der Waals surface area contributed by atoms with Crippen molar-refractivity contribution in [3.05, 3.63) is 18.0 Å². The second kappa shape index (κ2) is 7.18. The number of halogens is 3. The maximum Gasteiger partial charge on any atom is 0.411 e. The largest absolute Gasteiger partial charge is 0.411 e. The van der Waals surface area contributed by atoms with Crippen molar-refractivity contribution >= 4 is 11.6 Å². The number of nitrogen functional groups attached to an aromatic ring is 1. The van der Waals surface area contributed by atoms with Crippen molar-refractivity contribution in [2.45, 2.75) is 26.1 Å². The molecule has 0 saturated carbocycles. The van der Waals surface area contributed by atoms with Gasteiger partial charge in [-0.15, -0.1) is 0 Å². The number of rotatable bonds is 7. The third-order valence-corrected chi connectivity index (χ3v) is 2.41. The van der Waals surface area contributed by atoms with Crippen molar-refractivity contribution in [1.29, 1.82) is 0 Å². The number of nitrogens with one attached hydrogen (secondary N) is 1. The maximum absolute atomic E-state index is 11.8. The van der Waals surface area contributed by atoms with Gasteiger partial charge in [0.15, 0.2) is 0 Å². The zero-order valence-corrected chi connectivity index (χ0v) is 11.2. The van der Waals surface area contributed by atoms with E-state index in [0.29, 0.717) is 17.9 Å². The fraction of sp³-hybridized carbons (Fsp3) is 0.583. The minimum Gasteiger partial charge on any atom is -0.397 e. The molecule has 0 atom stereocenters. The molecule has 0 radical (unpaired) electrons. The number of hydrogen-bond donors (Lipinski definition) is 2. The van der Waals surface area contributed by atoms with Gasteiger partial charge in [-0.25, -0.2) is 0 Å². The predicted molar refractivity (Wildman–Crippen MR) is 68.3 cm³/mol. The molecule has 0 bridgehead atoms. The molecule has 0 aromatic carbocycles. The number of nitrogens with zero attached hydrogens (tertiary/aromatic N) is 1. The van der Waals surface area contributed by atoms with Gasteiger partial charge in [0.1, 0.15) is 12.3 Å². The Bertz CT molecular complexity index is 444. The minimum absolute atomic E-state index is 0.00607. The van der Waals surface area contributed by atoms with Crippen LogP contribution in [0.15, 0.2) is 12.3 Å². The van der Waals surface area contributed by atoms with Gasteiger partial charge in [-0.1, -0.05) is 6.92 Å². The Kier molecular flexibility index (Phi) is 5.87. The van der Waals surface area contributed by atoms with E-state index in [0.717, 1.165) is 6.42 Å². The van der Waals surface area contributed by atoms with Gasteiger partial charge < -0.3 is 20.4 Å². The topological polar surface area (TPSA) is 69.3 Å². The van der Waals surface area contributed by atoms with E-state index in [1.165, 1.54) is 6.07 Å². The lowest BCUT2D eigenvalue weighted by Crippen LogP contribution is -2.30. The molecule has 0 aliphatic heterocycles. The number of alkyl halides is 3. The number of ether oxygens (including phenoxy) is 1. The van der Waals surface area contributed by atoms with Crippen molar-refractivity contribution in [3.63, 3.8) is 0 Å². The summed E-state index contributed by atoms with van der Waals surface area (Å²) < 4.78 is 41.6. The zero-order chi connectivity index (χ0) is 15.2. The van der Waals surface area contributed by atoms with Crippen LogP contribution in [0.2, 0.25) is 0 Å². The first kappa shape index (κ1) is 16.4. The second-order valence-electron chi connectivity index (χ2n) is 4.28. The zero-order valence-electron chi connectivity index (χ0n) is 11.2. The lowest BCUT2D eigenvalue weighted by Gasteiger charge is -2.10. The number of anilines is 1.